The van der Waals surface area contributed by atoms with Gasteiger partial charge in [0.05, 0.1) is 18.4 Å². The summed E-state index contributed by atoms with van der Waals surface area (Å²) in [6, 6.07) is 5.98. The second-order valence-electron chi connectivity index (χ2n) is 4.87. The van der Waals surface area contributed by atoms with Crippen LogP contribution in [0.2, 0.25) is 0 Å². The summed E-state index contributed by atoms with van der Waals surface area (Å²) in [6.07, 6.45) is -0.170. The lowest BCUT2D eigenvalue weighted by molar-refractivity contribution is 0.0286. The maximum atomic E-state index is 12.3. The van der Waals surface area contributed by atoms with Crippen LogP contribution in [0.25, 0.3) is 10.1 Å². The molecule has 1 unspecified atom stereocenters. The van der Waals surface area contributed by atoms with Gasteiger partial charge in [0.2, 0.25) is 0 Å². The molecule has 0 saturated heterocycles. The second kappa shape index (κ2) is 6.89. The first-order chi connectivity index (χ1) is 10.1. The highest BCUT2D eigenvalue weighted by Crippen LogP contribution is 2.34. The number of carbonyl (C=O) groups is 1. The molecule has 1 heterocycles. The third-order valence-corrected chi connectivity index (χ3v) is 4.43. The average molecular weight is 308 g/mol. The van der Waals surface area contributed by atoms with Crippen molar-refractivity contribution in [1.29, 1.82) is 0 Å². The molecule has 2 rings (SSSR count). The highest BCUT2D eigenvalue weighted by atomic mass is 32.1. The van der Waals surface area contributed by atoms with E-state index in [1.807, 2.05) is 25.1 Å². The third-order valence-electron chi connectivity index (χ3n) is 3.27. The zero-order valence-corrected chi connectivity index (χ0v) is 13.3. The number of fused-ring (bicyclic) bond motifs is 1. The Labute approximate surface area is 128 Å². The van der Waals surface area contributed by atoms with Crippen molar-refractivity contribution in [2.75, 3.05) is 33.1 Å². The molecule has 1 amide bonds. The summed E-state index contributed by atoms with van der Waals surface area (Å²) in [7, 11) is 3.19. The number of hydrogen-bond acceptors (Lipinski definition) is 5. The number of nitrogens with two attached hydrogens (primary N) is 1. The Morgan fingerprint density at radius 2 is 2.19 bits per heavy atom. The molecule has 1 aromatic heterocycles. The zero-order valence-electron chi connectivity index (χ0n) is 12.4. The summed E-state index contributed by atoms with van der Waals surface area (Å²) in [5.41, 5.74) is 7.76. The van der Waals surface area contributed by atoms with Gasteiger partial charge in [-0.15, -0.1) is 11.3 Å². The fourth-order valence-corrected chi connectivity index (χ4v) is 3.21. The van der Waals surface area contributed by atoms with E-state index in [4.69, 9.17) is 15.2 Å². The van der Waals surface area contributed by atoms with Crippen molar-refractivity contribution in [2.45, 2.75) is 13.0 Å². The van der Waals surface area contributed by atoms with E-state index in [1.165, 1.54) is 11.3 Å². The molecular weight excluding hydrogens is 288 g/mol. The first kappa shape index (κ1) is 15.8. The molecule has 0 saturated carbocycles. The van der Waals surface area contributed by atoms with Crippen LogP contribution >= 0.6 is 11.3 Å². The number of carbonyl (C=O) groups excluding carboxylic acids is 1. The molecule has 1 atom stereocenters. The van der Waals surface area contributed by atoms with Crippen molar-refractivity contribution in [3.8, 4) is 0 Å². The van der Waals surface area contributed by atoms with Gasteiger partial charge in [0.15, 0.2) is 0 Å². The number of rotatable bonds is 6. The Morgan fingerprint density at radius 1 is 1.43 bits per heavy atom. The molecular formula is C15H20N2O3S. The van der Waals surface area contributed by atoms with E-state index >= 15 is 0 Å². The second-order valence-corrected chi connectivity index (χ2v) is 5.92. The van der Waals surface area contributed by atoms with Crippen LogP contribution in [0.5, 0.6) is 0 Å². The van der Waals surface area contributed by atoms with E-state index in [9.17, 15) is 4.79 Å². The van der Waals surface area contributed by atoms with Gasteiger partial charge in [-0.3, -0.25) is 4.79 Å². The van der Waals surface area contributed by atoms with Crippen molar-refractivity contribution < 1.29 is 14.3 Å². The molecule has 0 aliphatic rings. The van der Waals surface area contributed by atoms with Crippen molar-refractivity contribution in [2.24, 2.45) is 0 Å². The van der Waals surface area contributed by atoms with Gasteiger partial charge in [0, 0.05) is 30.9 Å². The molecule has 1 aromatic carbocycles. The fraction of sp³-hybridized carbons (Fsp3) is 0.400. The summed E-state index contributed by atoms with van der Waals surface area (Å²) < 4.78 is 11.3. The lowest BCUT2D eigenvalue weighted by atomic mass is 10.1. The Kier molecular flexibility index (Phi) is 5.17. The maximum absolute atomic E-state index is 12.3. The van der Waals surface area contributed by atoms with E-state index in [1.54, 1.807) is 14.2 Å². The molecule has 5 nitrogen and oxygen atoms in total. The van der Waals surface area contributed by atoms with Crippen molar-refractivity contribution in [3.63, 3.8) is 0 Å². The molecule has 0 aliphatic heterocycles. The number of amides is 1. The first-order valence-corrected chi connectivity index (χ1v) is 7.47. The highest BCUT2D eigenvalue weighted by molar-refractivity contribution is 7.21. The minimum Gasteiger partial charge on any atom is -0.397 e. The van der Waals surface area contributed by atoms with Crippen molar-refractivity contribution in [3.05, 3.63) is 28.6 Å². The van der Waals surface area contributed by atoms with Crippen LogP contribution in [0.15, 0.2) is 18.2 Å². The molecule has 0 bridgehead atoms. The molecule has 0 radical (unpaired) electrons. The number of nitrogens with one attached hydrogen (secondary N) is 1. The summed E-state index contributed by atoms with van der Waals surface area (Å²) in [5.74, 6) is -0.176. The van der Waals surface area contributed by atoms with Crippen LogP contribution in [0.1, 0.15) is 15.2 Å². The highest BCUT2D eigenvalue weighted by Gasteiger charge is 2.17. The Morgan fingerprint density at radius 3 is 2.86 bits per heavy atom. The predicted octanol–water partition coefficient (Wildman–Crippen LogP) is 2.18. The van der Waals surface area contributed by atoms with Gasteiger partial charge in [0.25, 0.3) is 5.91 Å². The van der Waals surface area contributed by atoms with Gasteiger partial charge >= 0.3 is 0 Å². The quantitative estimate of drug-likeness (QED) is 0.858. The first-order valence-electron chi connectivity index (χ1n) is 6.65. The summed E-state index contributed by atoms with van der Waals surface area (Å²) in [4.78, 5) is 12.8. The van der Waals surface area contributed by atoms with Crippen molar-refractivity contribution in [1.82, 2.24) is 5.32 Å². The molecule has 0 fully saturated rings. The average Bonchev–Trinajstić information content (AvgIpc) is 2.79. The van der Waals surface area contributed by atoms with E-state index in [-0.39, 0.29) is 12.0 Å². The molecule has 3 N–H and O–H groups in total. The number of methoxy groups -OCH3 is 2. The molecule has 0 spiro atoms. The number of aryl methyl sites for hydroxylation is 1. The number of benzene rings is 1. The van der Waals surface area contributed by atoms with Crippen LogP contribution in [-0.2, 0) is 9.47 Å². The predicted molar refractivity (Wildman–Crippen MR) is 86.0 cm³/mol. The van der Waals surface area contributed by atoms with Crippen LogP contribution in [0.4, 0.5) is 5.69 Å². The van der Waals surface area contributed by atoms with Crippen LogP contribution in [0.3, 0.4) is 0 Å². The van der Waals surface area contributed by atoms with E-state index in [0.29, 0.717) is 23.7 Å². The van der Waals surface area contributed by atoms with Crippen LogP contribution in [0, 0.1) is 6.92 Å². The Bertz CT molecular complexity index is 639. The monoisotopic (exact) mass is 308 g/mol. The van der Waals surface area contributed by atoms with Gasteiger partial charge in [0.1, 0.15) is 4.88 Å². The maximum Gasteiger partial charge on any atom is 0.263 e. The number of ether oxygens (including phenoxy) is 2. The Hall–Kier alpha value is -1.63. The molecule has 21 heavy (non-hydrogen) atoms. The smallest absolute Gasteiger partial charge is 0.263 e. The van der Waals surface area contributed by atoms with E-state index < -0.39 is 0 Å². The summed E-state index contributed by atoms with van der Waals surface area (Å²) in [6.45, 7) is 2.83. The normalized spacial score (nSPS) is 12.5. The molecule has 0 aliphatic carbocycles. The van der Waals surface area contributed by atoms with Gasteiger partial charge in [-0.2, -0.15) is 0 Å². The largest absolute Gasteiger partial charge is 0.397 e. The molecule has 6 heteroatoms. The standard InChI is InChI=1S/C15H20N2O3S/c1-9-4-5-11-12(6-9)21-14(13(11)16)15(18)17-7-10(20-3)8-19-2/h4-6,10H,7-8,16H2,1-3H3,(H,17,18). The molecule has 114 valence electrons. The minimum atomic E-state index is -0.176. The lowest BCUT2D eigenvalue weighted by Gasteiger charge is -2.14. The number of thiophene rings is 1. The fourth-order valence-electron chi connectivity index (χ4n) is 2.08. The Balaban J connectivity index is 2.14. The SMILES string of the molecule is COCC(CNC(=O)c1sc2cc(C)ccc2c1N)OC. The van der Waals surface area contributed by atoms with Crippen molar-refractivity contribution >= 4 is 33.0 Å². The summed E-state index contributed by atoms with van der Waals surface area (Å²) >= 11 is 1.41. The number of nitrogen functional groups attached to an aromatic ring is 1. The summed E-state index contributed by atoms with van der Waals surface area (Å²) in [5, 5.41) is 3.76. The lowest BCUT2D eigenvalue weighted by Crippen LogP contribution is -2.35. The van der Waals surface area contributed by atoms with E-state index in [2.05, 4.69) is 5.32 Å². The van der Waals surface area contributed by atoms with Crippen LogP contribution < -0.4 is 11.1 Å². The van der Waals surface area contributed by atoms with Gasteiger partial charge < -0.3 is 20.5 Å². The van der Waals surface area contributed by atoms with Gasteiger partial charge in [-0.1, -0.05) is 12.1 Å². The zero-order chi connectivity index (χ0) is 15.4. The number of anilines is 1. The van der Waals surface area contributed by atoms with E-state index in [0.717, 1.165) is 15.6 Å². The molecule has 2 aromatic rings. The third kappa shape index (κ3) is 3.53. The minimum absolute atomic E-state index is 0.170. The van der Waals surface area contributed by atoms with Crippen LogP contribution in [-0.4, -0.2) is 39.4 Å². The topological polar surface area (TPSA) is 73.6 Å². The van der Waals surface area contributed by atoms with Gasteiger partial charge in [-0.25, -0.2) is 0 Å². The number of hydrogen-bond donors (Lipinski definition) is 2. The van der Waals surface area contributed by atoms with Gasteiger partial charge in [-0.05, 0) is 18.6 Å².